The predicted molar refractivity (Wildman–Crippen MR) is 87.3 cm³/mol. The molecule has 1 fully saturated rings. The Balaban J connectivity index is 1.85. The number of imidazole rings is 1. The maximum Gasteiger partial charge on any atom is 0.404 e. The van der Waals surface area contributed by atoms with Gasteiger partial charge >= 0.3 is 6.09 Å². The lowest BCUT2D eigenvalue weighted by atomic mass is 10.1. The van der Waals surface area contributed by atoms with Crippen LogP contribution >= 0.6 is 0 Å². The number of hydrogen-bond donors (Lipinski definition) is 7. The Bertz CT molecular complexity index is 799. The summed E-state index contributed by atoms with van der Waals surface area (Å²) >= 11 is 0. The lowest BCUT2D eigenvalue weighted by Crippen LogP contribution is -2.33. The highest BCUT2D eigenvalue weighted by Crippen LogP contribution is 2.32. The number of aliphatic hydroxyl groups excluding tert-OH is 3. The molecule has 0 aromatic carbocycles. The molecule has 0 aliphatic carbocycles. The molecule has 1 amide bonds. The highest BCUT2D eigenvalue weighted by Gasteiger charge is 2.44. The summed E-state index contributed by atoms with van der Waals surface area (Å²) in [7, 11) is 0. The summed E-state index contributed by atoms with van der Waals surface area (Å²) < 4.78 is 6.85. The summed E-state index contributed by atoms with van der Waals surface area (Å²) in [5.74, 6) is 0.213. The minimum atomic E-state index is -1.29. The molecule has 13 nitrogen and oxygen atoms in total. The molecule has 13 heteroatoms. The lowest BCUT2D eigenvalue weighted by Gasteiger charge is -2.16. The molecule has 0 bridgehead atoms. The van der Waals surface area contributed by atoms with Crippen molar-refractivity contribution in [3.63, 3.8) is 0 Å². The minimum Gasteiger partial charge on any atom is -0.465 e. The second-order valence-corrected chi connectivity index (χ2v) is 5.64. The van der Waals surface area contributed by atoms with Crippen molar-refractivity contribution in [3.05, 3.63) is 6.33 Å². The van der Waals surface area contributed by atoms with E-state index in [1.807, 2.05) is 0 Å². The summed E-state index contributed by atoms with van der Waals surface area (Å²) in [6.07, 6.45) is -4.32. The van der Waals surface area contributed by atoms with Gasteiger partial charge in [-0.15, -0.1) is 0 Å². The average molecular weight is 369 g/mol. The SMILES string of the molecule is Nc1nc(NCCNC(=O)O)nc2c1ncn2[C@@H]1O[C@H](CO)[C@@H](O)[C@@H]1O. The standard InChI is InChI=1S/C13H19N7O6/c14-9-6-10(19-12(18-9)15-1-2-16-13(24)25)20(4-17-6)11-8(23)7(22)5(3-21)26-11/h4-5,7-8,11,16,21-23H,1-3H2,(H,24,25)(H3,14,15,18,19)/t5-,7-,8+,11-/m1/s1. The molecule has 0 radical (unpaired) electrons. The number of carboxylic acid groups (broad SMARTS) is 1. The summed E-state index contributed by atoms with van der Waals surface area (Å²) in [5, 5.41) is 42.8. The van der Waals surface area contributed by atoms with Gasteiger partial charge < -0.3 is 41.5 Å². The van der Waals surface area contributed by atoms with Crippen molar-refractivity contribution in [2.24, 2.45) is 0 Å². The van der Waals surface area contributed by atoms with Crippen molar-refractivity contribution in [2.45, 2.75) is 24.5 Å². The number of amides is 1. The molecule has 26 heavy (non-hydrogen) atoms. The molecule has 142 valence electrons. The number of ether oxygens (including phenoxy) is 1. The van der Waals surface area contributed by atoms with Crippen LogP contribution in [0, 0.1) is 0 Å². The van der Waals surface area contributed by atoms with Gasteiger partial charge in [0.25, 0.3) is 0 Å². The maximum absolute atomic E-state index is 10.4. The van der Waals surface area contributed by atoms with Gasteiger partial charge in [-0.2, -0.15) is 9.97 Å². The number of carbonyl (C=O) groups is 1. The number of hydrogen-bond acceptors (Lipinski definition) is 10. The number of nitrogens with one attached hydrogen (secondary N) is 2. The van der Waals surface area contributed by atoms with Crippen LogP contribution in [0.3, 0.4) is 0 Å². The fourth-order valence-corrected chi connectivity index (χ4v) is 2.66. The topological polar surface area (TPSA) is 201 Å². The number of nitrogen functional groups attached to an aromatic ring is 1. The van der Waals surface area contributed by atoms with E-state index in [9.17, 15) is 20.1 Å². The van der Waals surface area contributed by atoms with Gasteiger partial charge in [-0.1, -0.05) is 0 Å². The van der Waals surface area contributed by atoms with Crippen LogP contribution in [0.2, 0.25) is 0 Å². The molecular weight excluding hydrogens is 350 g/mol. The Morgan fingerprint density at radius 2 is 2.08 bits per heavy atom. The van der Waals surface area contributed by atoms with Crippen LogP contribution in [0.25, 0.3) is 11.2 Å². The second-order valence-electron chi connectivity index (χ2n) is 5.64. The number of nitrogens with zero attached hydrogens (tertiary/aromatic N) is 4. The number of fused-ring (bicyclic) bond motifs is 1. The molecule has 1 aliphatic rings. The van der Waals surface area contributed by atoms with Gasteiger partial charge in [-0.05, 0) is 0 Å². The molecule has 1 saturated heterocycles. The lowest BCUT2D eigenvalue weighted by molar-refractivity contribution is -0.0511. The zero-order chi connectivity index (χ0) is 18.8. The zero-order valence-electron chi connectivity index (χ0n) is 13.5. The molecule has 0 saturated carbocycles. The van der Waals surface area contributed by atoms with Crippen LogP contribution in [-0.2, 0) is 4.74 Å². The van der Waals surface area contributed by atoms with E-state index in [-0.39, 0.29) is 36.0 Å². The van der Waals surface area contributed by atoms with Crippen molar-refractivity contribution in [1.82, 2.24) is 24.8 Å². The first-order valence-electron chi connectivity index (χ1n) is 7.75. The zero-order valence-corrected chi connectivity index (χ0v) is 13.5. The number of aliphatic hydroxyl groups is 3. The molecule has 0 unspecified atom stereocenters. The molecular formula is C13H19N7O6. The normalized spacial score (nSPS) is 25.5. The molecule has 2 aromatic rings. The van der Waals surface area contributed by atoms with E-state index < -0.39 is 37.2 Å². The summed E-state index contributed by atoms with van der Waals surface area (Å²) in [4.78, 5) is 22.8. The van der Waals surface area contributed by atoms with Crippen molar-refractivity contribution in [2.75, 3.05) is 30.7 Å². The van der Waals surface area contributed by atoms with E-state index in [0.29, 0.717) is 0 Å². The Morgan fingerprint density at radius 3 is 2.73 bits per heavy atom. The highest BCUT2D eigenvalue weighted by atomic mass is 16.6. The van der Waals surface area contributed by atoms with Crippen molar-refractivity contribution in [1.29, 1.82) is 0 Å². The Labute approximate surface area is 146 Å². The van der Waals surface area contributed by atoms with Gasteiger partial charge in [0.2, 0.25) is 5.95 Å². The first-order chi connectivity index (χ1) is 12.4. The Kier molecular flexibility index (Phi) is 5.03. The molecule has 2 aromatic heterocycles. The van der Waals surface area contributed by atoms with E-state index in [2.05, 4.69) is 25.6 Å². The molecule has 0 spiro atoms. The average Bonchev–Trinajstić information content (AvgIpc) is 3.14. The first-order valence-corrected chi connectivity index (χ1v) is 7.75. The number of rotatable bonds is 6. The largest absolute Gasteiger partial charge is 0.465 e. The first kappa shape index (κ1) is 18.1. The third-order valence-corrected chi connectivity index (χ3v) is 3.92. The third kappa shape index (κ3) is 3.32. The van der Waals surface area contributed by atoms with E-state index in [1.54, 1.807) is 0 Å². The van der Waals surface area contributed by atoms with Gasteiger partial charge in [0.15, 0.2) is 17.7 Å². The van der Waals surface area contributed by atoms with E-state index >= 15 is 0 Å². The van der Waals surface area contributed by atoms with Gasteiger partial charge in [0.05, 0.1) is 12.9 Å². The molecule has 8 N–H and O–H groups in total. The van der Waals surface area contributed by atoms with Gasteiger partial charge in [-0.25, -0.2) is 9.78 Å². The fraction of sp³-hybridized carbons (Fsp3) is 0.538. The summed E-state index contributed by atoms with van der Waals surface area (Å²) in [5.41, 5.74) is 6.39. The molecule has 1 aliphatic heterocycles. The Morgan fingerprint density at radius 1 is 1.31 bits per heavy atom. The van der Waals surface area contributed by atoms with E-state index in [4.69, 9.17) is 15.6 Å². The van der Waals surface area contributed by atoms with Gasteiger partial charge in [-0.3, -0.25) is 4.57 Å². The van der Waals surface area contributed by atoms with Crippen molar-refractivity contribution < 1.29 is 30.0 Å². The molecule has 3 rings (SSSR count). The minimum absolute atomic E-state index is 0.0780. The molecule has 4 atom stereocenters. The van der Waals surface area contributed by atoms with Gasteiger partial charge in [0, 0.05) is 13.1 Å². The number of aromatic nitrogens is 4. The molecule has 3 heterocycles. The number of anilines is 2. The smallest absolute Gasteiger partial charge is 0.404 e. The van der Waals surface area contributed by atoms with E-state index in [0.717, 1.165) is 0 Å². The quantitative estimate of drug-likeness (QED) is 0.270. The van der Waals surface area contributed by atoms with Crippen LogP contribution in [0.1, 0.15) is 6.23 Å². The van der Waals surface area contributed by atoms with Gasteiger partial charge in [0.1, 0.15) is 23.8 Å². The Hall–Kier alpha value is -2.74. The van der Waals surface area contributed by atoms with Crippen LogP contribution in [0.15, 0.2) is 6.33 Å². The maximum atomic E-state index is 10.4. The summed E-state index contributed by atoms with van der Waals surface area (Å²) in [6, 6.07) is 0. The van der Waals surface area contributed by atoms with E-state index in [1.165, 1.54) is 10.9 Å². The van der Waals surface area contributed by atoms with Crippen LogP contribution in [-0.4, -0.2) is 84.0 Å². The highest BCUT2D eigenvalue weighted by molar-refractivity contribution is 5.83. The second kappa shape index (κ2) is 7.25. The van der Waals surface area contributed by atoms with Crippen molar-refractivity contribution in [3.8, 4) is 0 Å². The predicted octanol–water partition coefficient (Wildman–Crippen LogP) is -2.30. The third-order valence-electron chi connectivity index (χ3n) is 3.92. The number of nitrogens with two attached hydrogens (primary N) is 1. The van der Waals surface area contributed by atoms with Crippen LogP contribution in [0.4, 0.5) is 16.6 Å². The van der Waals surface area contributed by atoms with Crippen molar-refractivity contribution >= 4 is 29.0 Å². The monoisotopic (exact) mass is 369 g/mol. The fourth-order valence-electron chi connectivity index (χ4n) is 2.66. The summed E-state index contributed by atoms with van der Waals surface area (Å²) in [6.45, 7) is -0.105. The van der Waals surface area contributed by atoms with Crippen LogP contribution in [0.5, 0.6) is 0 Å². The van der Waals surface area contributed by atoms with Crippen LogP contribution < -0.4 is 16.4 Å².